The summed E-state index contributed by atoms with van der Waals surface area (Å²) in [5, 5.41) is 6.51. The van der Waals surface area contributed by atoms with E-state index >= 15 is 0 Å². The molecule has 1 N–H and O–H groups in total. The molecule has 1 aromatic heterocycles. The van der Waals surface area contributed by atoms with E-state index in [1.54, 1.807) is 0 Å². The van der Waals surface area contributed by atoms with Crippen LogP contribution in [0.15, 0.2) is 176 Å². The highest BCUT2D eigenvalue weighted by molar-refractivity contribution is 6.73. The topological polar surface area (TPSA) is 20.2 Å². The quantitative estimate of drug-likeness (QED) is 0.173. The summed E-state index contributed by atoms with van der Waals surface area (Å²) in [6, 6.07) is 64.4. The van der Waals surface area contributed by atoms with Gasteiger partial charge in [-0.05, 0) is 106 Å². The Hall–Kier alpha value is -6.78. The van der Waals surface area contributed by atoms with Crippen LogP contribution in [0.4, 0.5) is 28.4 Å². The van der Waals surface area contributed by atoms with Crippen molar-refractivity contribution in [1.29, 1.82) is 0 Å². The Labute approximate surface area is 328 Å². The Morgan fingerprint density at radius 1 is 0.518 bits per heavy atom. The lowest BCUT2D eigenvalue weighted by Crippen LogP contribution is -2.37. The molecule has 1 radical (unpaired) electrons. The van der Waals surface area contributed by atoms with Gasteiger partial charge in [-0.2, -0.15) is 0 Å². The molecule has 0 unspecified atom stereocenters. The van der Waals surface area contributed by atoms with Gasteiger partial charge >= 0.3 is 0 Å². The van der Waals surface area contributed by atoms with Crippen molar-refractivity contribution in [3.8, 4) is 27.9 Å². The summed E-state index contributed by atoms with van der Waals surface area (Å²) in [7, 11) is 2.43. The first-order valence-corrected chi connectivity index (χ1v) is 19.5. The molecule has 0 saturated carbocycles. The number of nitrogens with zero attached hydrogens (tertiary/aromatic N) is 2. The predicted molar refractivity (Wildman–Crippen MR) is 238 cm³/mol. The zero-order chi connectivity index (χ0) is 37.5. The van der Waals surface area contributed by atoms with E-state index in [-0.39, 0.29) is 5.41 Å². The van der Waals surface area contributed by atoms with Crippen LogP contribution < -0.4 is 21.1 Å². The molecule has 0 bridgehead atoms. The van der Waals surface area contributed by atoms with Crippen molar-refractivity contribution in [3.05, 3.63) is 193 Å². The Kier molecular flexibility index (Phi) is 7.21. The lowest BCUT2D eigenvalue weighted by atomic mass is 9.59. The van der Waals surface area contributed by atoms with Crippen LogP contribution in [0.5, 0.6) is 0 Å². The average Bonchev–Trinajstić information content (AvgIpc) is 3.69. The molecule has 56 heavy (non-hydrogen) atoms. The zero-order valence-electron chi connectivity index (χ0n) is 31.7. The monoisotopic (exact) mass is 716 g/mol. The van der Waals surface area contributed by atoms with E-state index in [9.17, 15) is 0 Å². The molecule has 9 aromatic rings. The first-order valence-electron chi connectivity index (χ1n) is 19.5. The van der Waals surface area contributed by atoms with Crippen LogP contribution >= 0.6 is 0 Å². The van der Waals surface area contributed by atoms with E-state index < -0.39 is 0 Å². The lowest BCUT2D eigenvalue weighted by Gasteiger charge is -2.31. The fraction of sp³-hybridized carbons (Fsp3) is 0.0769. The van der Waals surface area contributed by atoms with Crippen LogP contribution in [0.1, 0.15) is 30.5 Å². The van der Waals surface area contributed by atoms with Gasteiger partial charge in [-0.25, -0.2) is 0 Å². The SMILES string of the molecule is Cc1ccccc1Nc1cc2c(cc1-c1cc(N(c3ccccc3)c3ccccc3)cc3c1[B]c1cccc4c5ccccc5n-3c14)C(C)(C)c1ccccc1-2. The maximum absolute atomic E-state index is 3.98. The van der Waals surface area contributed by atoms with Gasteiger partial charge in [0.25, 0.3) is 0 Å². The van der Waals surface area contributed by atoms with Gasteiger partial charge in [-0.15, -0.1) is 0 Å². The van der Waals surface area contributed by atoms with Gasteiger partial charge in [0.05, 0.1) is 5.52 Å². The first kappa shape index (κ1) is 32.6. The fourth-order valence-corrected chi connectivity index (χ4v) is 9.41. The van der Waals surface area contributed by atoms with E-state index in [0.29, 0.717) is 0 Å². The van der Waals surface area contributed by atoms with Gasteiger partial charge in [0.1, 0.15) is 0 Å². The summed E-state index contributed by atoms with van der Waals surface area (Å²) in [5.41, 5.74) is 20.3. The van der Waals surface area contributed by atoms with Gasteiger partial charge in [0.2, 0.25) is 0 Å². The molecule has 0 amide bonds. The number of fused-ring (bicyclic) bond motifs is 8. The molecule has 0 fully saturated rings. The van der Waals surface area contributed by atoms with Crippen LogP contribution in [0.3, 0.4) is 0 Å². The summed E-state index contributed by atoms with van der Waals surface area (Å²) in [5.74, 6) is 0. The largest absolute Gasteiger partial charge is 0.355 e. The molecule has 4 heteroatoms. The third-order valence-corrected chi connectivity index (χ3v) is 12.1. The first-order chi connectivity index (χ1) is 27.5. The molecule has 0 spiro atoms. The number of anilines is 5. The summed E-state index contributed by atoms with van der Waals surface area (Å²) in [6.45, 7) is 6.93. The maximum atomic E-state index is 3.98. The van der Waals surface area contributed by atoms with Gasteiger partial charge < -0.3 is 14.8 Å². The Bertz CT molecular complexity index is 2970. The van der Waals surface area contributed by atoms with Crippen LogP contribution in [-0.2, 0) is 5.41 Å². The molecule has 3 nitrogen and oxygen atoms in total. The molecule has 265 valence electrons. The standard InChI is InChI=1S/C52H39BN3/c1-33-17-10-14-27-46(33)54-47-32-40-37-22-11-13-25-43(37)52(2,3)44(40)31-41(47)42-29-36(55(34-18-6-4-7-19-34)35-20-8-5-9-21-35)30-49-50(42)53-45-26-16-24-39-38-23-12-15-28-48(38)56(49)51(39)45/h4-32,54H,1-3H3. The van der Waals surface area contributed by atoms with Crippen LogP contribution in [0, 0.1) is 6.92 Å². The highest BCUT2D eigenvalue weighted by Gasteiger charge is 2.37. The number of rotatable bonds is 6. The van der Waals surface area contributed by atoms with E-state index in [0.717, 1.165) is 28.4 Å². The van der Waals surface area contributed by atoms with Gasteiger partial charge in [0, 0.05) is 61.4 Å². The van der Waals surface area contributed by atoms with E-state index in [4.69, 9.17) is 0 Å². The molecular weight excluding hydrogens is 677 g/mol. The van der Waals surface area contributed by atoms with Crippen LogP contribution in [0.2, 0.25) is 0 Å². The Balaban J connectivity index is 1.26. The second kappa shape index (κ2) is 12.4. The highest BCUT2D eigenvalue weighted by atomic mass is 15.1. The molecule has 1 aliphatic carbocycles. The molecule has 1 aliphatic heterocycles. The average molecular weight is 717 g/mol. The van der Waals surface area contributed by atoms with Crippen molar-refractivity contribution in [2.75, 3.05) is 10.2 Å². The number of aromatic nitrogens is 1. The molecule has 8 aromatic carbocycles. The van der Waals surface area contributed by atoms with E-state index in [1.165, 1.54) is 77.4 Å². The van der Waals surface area contributed by atoms with Crippen molar-refractivity contribution in [3.63, 3.8) is 0 Å². The van der Waals surface area contributed by atoms with E-state index in [1.807, 2.05) is 0 Å². The van der Waals surface area contributed by atoms with Crippen molar-refractivity contribution in [2.24, 2.45) is 0 Å². The normalized spacial score (nSPS) is 13.2. The number of benzene rings is 8. The summed E-state index contributed by atoms with van der Waals surface area (Å²) < 4.78 is 2.51. The van der Waals surface area contributed by atoms with Gasteiger partial charge in [-0.1, -0.05) is 135 Å². The minimum atomic E-state index is -0.168. The second-order valence-corrected chi connectivity index (χ2v) is 15.7. The predicted octanol–water partition coefficient (Wildman–Crippen LogP) is 12.2. The van der Waals surface area contributed by atoms with E-state index in [2.05, 4.69) is 219 Å². The fourth-order valence-electron chi connectivity index (χ4n) is 9.41. The number of aryl methyl sites for hydroxylation is 1. The van der Waals surface area contributed by atoms with Gasteiger partial charge in [0.15, 0.2) is 7.28 Å². The maximum Gasteiger partial charge on any atom is 0.197 e. The van der Waals surface area contributed by atoms with Crippen molar-refractivity contribution < 1.29 is 0 Å². The third-order valence-electron chi connectivity index (χ3n) is 12.1. The molecule has 2 heterocycles. The molecule has 0 atom stereocenters. The second-order valence-electron chi connectivity index (χ2n) is 15.7. The summed E-state index contributed by atoms with van der Waals surface area (Å²) in [4.78, 5) is 2.40. The zero-order valence-corrected chi connectivity index (χ0v) is 31.7. The highest BCUT2D eigenvalue weighted by Crippen LogP contribution is 2.52. The summed E-state index contributed by atoms with van der Waals surface area (Å²) >= 11 is 0. The molecular formula is C52H39BN3. The number of para-hydroxylation sites is 5. The minimum absolute atomic E-state index is 0.168. The Morgan fingerprint density at radius 3 is 1.98 bits per heavy atom. The third kappa shape index (κ3) is 4.85. The van der Waals surface area contributed by atoms with Crippen molar-refractivity contribution in [2.45, 2.75) is 26.2 Å². The minimum Gasteiger partial charge on any atom is -0.355 e. The number of nitrogens with one attached hydrogen (secondary N) is 1. The van der Waals surface area contributed by atoms with Crippen LogP contribution in [0.25, 0.3) is 49.7 Å². The smallest absolute Gasteiger partial charge is 0.197 e. The number of hydrogen-bond donors (Lipinski definition) is 1. The Morgan fingerprint density at radius 2 is 1.20 bits per heavy atom. The number of hydrogen-bond acceptors (Lipinski definition) is 2. The van der Waals surface area contributed by atoms with Gasteiger partial charge in [-0.3, -0.25) is 0 Å². The summed E-state index contributed by atoms with van der Waals surface area (Å²) in [6.07, 6.45) is 0. The molecule has 0 saturated heterocycles. The van der Waals surface area contributed by atoms with Crippen molar-refractivity contribution >= 4 is 68.4 Å². The lowest BCUT2D eigenvalue weighted by molar-refractivity contribution is 0.660. The van der Waals surface area contributed by atoms with Crippen molar-refractivity contribution in [1.82, 2.24) is 4.57 Å². The molecule has 2 aliphatic rings. The van der Waals surface area contributed by atoms with Crippen LogP contribution in [-0.4, -0.2) is 11.8 Å². The molecule has 11 rings (SSSR count).